The zero-order valence-corrected chi connectivity index (χ0v) is 10.5. The highest BCUT2D eigenvalue weighted by atomic mass is 19.1. The smallest absolute Gasteiger partial charge is 0.168 e. The molecule has 0 radical (unpaired) electrons. The van der Waals surface area contributed by atoms with E-state index < -0.39 is 37.0 Å². The molecular formula is C11H17F2N3O3. The van der Waals surface area contributed by atoms with Crippen molar-refractivity contribution >= 4 is 11.6 Å². The van der Waals surface area contributed by atoms with E-state index in [1.165, 1.54) is 0 Å². The maximum Gasteiger partial charge on any atom is 0.168 e. The second-order valence-corrected chi connectivity index (χ2v) is 4.06. The number of halogens is 2. The van der Waals surface area contributed by atoms with Crippen molar-refractivity contribution in [3.05, 3.63) is 17.7 Å². The average molecular weight is 277 g/mol. The molecule has 6 nitrogen and oxygen atoms in total. The van der Waals surface area contributed by atoms with Crippen LogP contribution in [-0.4, -0.2) is 52.2 Å². The van der Waals surface area contributed by atoms with Gasteiger partial charge in [-0.25, -0.2) is 13.8 Å². The third-order valence-electron chi connectivity index (χ3n) is 2.57. The summed E-state index contributed by atoms with van der Waals surface area (Å²) in [6.07, 6.45) is 0. The van der Waals surface area contributed by atoms with Gasteiger partial charge in [0.25, 0.3) is 0 Å². The fourth-order valence-corrected chi connectivity index (χ4v) is 1.37. The first-order valence-electron chi connectivity index (χ1n) is 5.72. The molecule has 0 fully saturated rings. The molecule has 0 atom stereocenters. The number of anilines is 2. The molecule has 0 aliphatic rings. The number of hydrogen-bond donors (Lipinski definition) is 5. The number of nitrogens with one attached hydrogen (secondary N) is 2. The zero-order valence-electron chi connectivity index (χ0n) is 10.5. The van der Waals surface area contributed by atoms with Gasteiger partial charge >= 0.3 is 0 Å². The fraction of sp³-hybridized carbons (Fsp3) is 0.545. The Hall–Kier alpha value is -1.51. The minimum Gasteiger partial charge on any atom is -0.394 e. The van der Waals surface area contributed by atoms with E-state index in [2.05, 4.69) is 15.6 Å². The molecule has 5 N–H and O–H groups in total. The van der Waals surface area contributed by atoms with Crippen LogP contribution in [-0.2, 0) is 0 Å². The van der Waals surface area contributed by atoms with E-state index in [4.69, 9.17) is 15.3 Å². The monoisotopic (exact) mass is 277 g/mol. The summed E-state index contributed by atoms with van der Waals surface area (Å²) in [5.74, 6) is -2.37. The van der Waals surface area contributed by atoms with Crippen molar-refractivity contribution < 1.29 is 24.1 Å². The van der Waals surface area contributed by atoms with Gasteiger partial charge in [-0.1, -0.05) is 0 Å². The lowest BCUT2D eigenvalue weighted by molar-refractivity contribution is 0.0828. The lowest BCUT2D eigenvalue weighted by atomic mass is 10.0. The van der Waals surface area contributed by atoms with Crippen LogP contribution in [0.3, 0.4) is 0 Å². The molecule has 0 aromatic carbocycles. The van der Waals surface area contributed by atoms with E-state index in [0.717, 1.165) is 0 Å². The van der Waals surface area contributed by atoms with E-state index in [-0.39, 0.29) is 11.6 Å². The normalized spacial score (nSPS) is 11.5. The molecule has 108 valence electrons. The van der Waals surface area contributed by atoms with Gasteiger partial charge < -0.3 is 26.0 Å². The molecule has 1 heterocycles. The Kier molecular flexibility index (Phi) is 5.40. The molecule has 1 aromatic rings. The lowest BCUT2D eigenvalue weighted by Crippen LogP contribution is -2.49. The number of nitrogens with zero attached hydrogens (tertiary/aromatic N) is 1. The van der Waals surface area contributed by atoms with Gasteiger partial charge in [-0.05, 0) is 6.92 Å². The summed E-state index contributed by atoms with van der Waals surface area (Å²) in [6, 6.07) is 0.629. The Morgan fingerprint density at radius 1 is 1.11 bits per heavy atom. The summed E-state index contributed by atoms with van der Waals surface area (Å²) in [5.41, 5.74) is -1.53. The van der Waals surface area contributed by atoms with Crippen molar-refractivity contribution in [2.24, 2.45) is 0 Å². The van der Waals surface area contributed by atoms with Crippen LogP contribution >= 0.6 is 0 Å². The highest BCUT2D eigenvalue weighted by Gasteiger charge is 2.29. The Bertz CT molecular complexity index is 420. The van der Waals surface area contributed by atoms with Crippen molar-refractivity contribution in [1.82, 2.24) is 4.98 Å². The summed E-state index contributed by atoms with van der Waals surface area (Å²) in [5, 5.41) is 32.4. The SMILES string of the molecule is CCNc1nc(NC(CO)(CO)CO)c(F)cc1F. The van der Waals surface area contributed by atoms with Crippen molar-refractivity contribution in [2.45, 2.75) is 12.5 Å². The zero-order chi connectivity index (χ0) is 14.5. The predicted octanol–water partition coefficient (Wildman–Crippen LogP) is -0.0808. The number of hydrogen-bond acceptors (Lipinski definition) is 6. The van der Waals surface area contributed by atoms with Crippen LogP contribution in [0.1, 0.15) is 6.92 Å². The number of rotatable bonds is 7. The molecule has 0 spiro atoms. The largest absolute Gasteiger partial charge is 0.394 e. The van der Waals surface area contributed by atoms with Crippen LogP contribution in [0.15, 0.2) is 6.07 Å². The topological polar surface area (TPSA) is 97.6 Å². The van der Waals surface area contributed by atoms with Gasteiger partial charge in [-0.3, -0.25) is 0 Å². The molecule has 0 amide bonds. The Labute approximate surface area is 109 Å². The summed E-state index contributed by atoms with van der Waals surface area (Å²) >= 11 is 0. The van der Waals surface area contributed by atoms with Gasteiger partial charge in [-0.15, -0.1) is 0 Å². The van der Waals surface area contributed by atoms with Crippen molar-refractivity contribution in [3.63, 3.8) is 0 Å². The molecule has 0 aliphatic heterocycles. The van der Waals surface area contributed by atoms with Crippen molar-refractivity contribution in [2.75, 3.05) is 37.0 Å². The van der Waals surface area contributed by atoms with E-state index >= 15 is 0 Å². The minimum absolute atomic E-state index is 0.158. The van der Waals surface area contributed by atoms with E-state index in [0.29, 0.717) is 12.6 Å². The number of pyridine rings is 1. The molecule has 0 saturated heterocycles. The third-order valence-corrected chi connectivity index (χ3v) is 2.57. The summed E-state index contributed by atoms with van der Waals surface area (Å²) in [7, 11) is 0. The molecule has 0 aliphatic carbocycles. The van der Waals surface area contributed by atoms with Crippen LogP contribution in [0.5, 0.6) is 0 Å². The van der Waals surface area contributed by atoms with Crippen LogP contribution < -0.4 is 10.6 Å². The second kappa shape index (κ2) is 6.60. The van der Waals surface area contributed by atoms with Crippen molar-refractivity contribution in [1.29, 1.82) is 0 Å². The predicted molar refractivity (Wildman–Crippen MR) is 65.9 cm³/mol. The second-order valence-electron chi connectivity index (χ2n) is 4.06. The van der Waals surface area contributed by atoms with E-state index in [9.17, 15) is 8.78 Å². The molecular weight excluding hydrogens is 260 g/mol. The van der Waals surface area contributed by atoms with Crippen LogP contribution in [0, 0.1) is 11.6 Å². The van der Waals surface area contributed by atoms with Crippen LogP contribution in [0.2, 0.25) is 0 Å². The van der Waals surface area contributed by atoms with Gasteiger partial charge in [0.05, 0.1) is 19.8 Å². The highest BCUT2D eigenvalue weighted by Crippen LogP contribution is 2.21. The molecule has 1 rings (SSSR count). The lowest BCUT2D eigenvalue weighted by Gasteiger charge is -2.29. The molecule has 0 saturated carbocycles. The first kappa shape index (κ1) is 15.5. The number of aromatic nitrogens is 1. The molecule has 1 aromatic heterocycles. The third kappa shape index (κ3) is 3.49. The van der Waals surface area contributed by atoms with Crippen LogP contribution in [0.4, 0.5) is 20.4 Å². The van der Waals surface area contributed by atoms with Crippen molar-refractivity contribution in [3.8, 4) is 0 Å². The quantitative estimate of drug-likeness (QED) is 0.478. The first-order valence-corrected chi connectivity index (χ1v) is 5.72. The van der Waals surface area contributed by atoms with Gasteiger partial charge in [0, 0.05) is 12.6 Å². The standard InChI is InChI=1S/C11H17F2N3O3/c1-2-14-9-7(12)3-8(13)10(15-9)16-11(4-17,5-18)6-19/h3,17-19H,2,4-6H2,1H3,(H2,14,15,16). The minimum atomic E-state index is -1.53. The van der Waals surface area contributed by atoms with Gasteiger partial charge in [0.15, 0.2) is 23.3 Å². The Morgan fingerprint density at radius 3 is 2.11 bits per heavy atom. The first-order chi connectivity index (χ1) is 9.01. The maximum absolute atomic E-state index is 13.6. The van der Waals surface area contributed by atoms with Gasteiger partial charge in [0.1, 0.15) is 5.54 Å². The van der Waals surface area contributed by atoms with Gasteiger partial charge in [-0.2, -0.15) is 0 Å². The maximum atomic E-state index is 13.6. The van der Waals surface area contributed by atoms with E-state index in [1.807, 2.05) is 0 Å². The molecule has 19 heavy (non-hydrogen) atoms. The Balaban J connectivity index is 3.09. The molecule has 0 bridgehead atoms. The number of aliphatic hydroxyl groups excluding tert-OH is 3. The summed E-state index contributed by atoms with van der Waals surface area (Å²) in [6.45, 7) is 0.177. The van der Waals surface area contributed by atoms with E-state index in [1.54, 1.807) is 6.92 Å². The Morgan fingerprint density at radius 2 is 1.63 bits per heavy atom. The van der Waals surface area contributed by atoms with Gasteiger partial charge in [0.2, 0.25) is 0 Å². The highest BCUT2D eigenvalue weighted by molar-refractivity contribution is 5.49. The molecule has 0 unspecified atom stereocenters. The molecule has 8 heteroatoms. The fourth-order valence-electron chi connectivity index (χ4n) is 1.37. The average Bonchev–Trinajstić information content (AvgIpc) is 2.41. The number of aliphatic hydroxyl groups is 3. The van der Waals surface area contributed by atoms with Crippen LogP contribution in [0.25, 0.3) is 0 Å². The summed E-state index contributed by atoms with van der Waals surface area (Å²) < 4.78 is 26.9. The summed E-state index contributed by atoms with van der Waals surface area (Å²) in [4.78, 5) is 3.68.